The molecule has 0 unspecified atom stereocenters. The van der Waals surface area contributed by atoms with Gasteiger partial charge >= 0.3 is 5.97 Å². The molecule has 1 aromatic heterocycles. The molecule has 2 heterocycles. The summed E-state index contributed by atoms with van der Waals surface area (Å²) < 4.78 is 11.5. The smallest absolute Gasteiger partial charge is 0.343 e. The summed E-state index contributed by atoms with van der Waals surface area (Å²) >= 11 is 3.31. The summed E-state index contributed by atoms with van der Waals surface area (Å²) in [4.78, 5) is 20.8. The molecule has 0 saturated carbocycles. The van der Waals surface area contributed by atoms with Crippen molar-refractivity contribution in [2.75, 3.05) is 53.0 Å². The van der Waals surface area contributed by atoms with Crippen LogP contribution in [0.2, 0.25) is 0 Å². The summed E-state index contributed by atoms with van der Waals surface area (Å²) in [5.74, 6) is -0.0818. The first-order valence-corrected chi connectivity index (χ1v) is 8.25. The summed E-state index contributed by atoms with van der Waals surface area (Å²) in [7, 11) is 2.13. The molecular formula is C15H22BrN3O3. The van der Waals surface area contributed by atoms with E-state index in [1.54, 1.807) is 19.2 Å². The van der Waals surface area contributed by atoms with Crippen molar-refractivity contribution in [3.63, 3.8) is 0 Å². The van der Waals surface area contributed by atoms with E-state index in [0.29, 0.717) is 24.7 Å². The molecular weight excluding hydrogens is 350 g/mol. The first-order chi connectivity index (χ1) is 10.6. The van der Waals surface area contributed by atoms with Gasteiger partial charge in [0.15, 0.2) is 0 Å². The maximum Gasteiger partial charge on any atom is 0.343 e. The van der Waals surface area contributed by atoms with Gasteiger partial charge in [-0.25, -0.2) is 9.78 Å². The fraction of sp³-hybridized carbons (Fsp3) is 0.600. The number of pyridine rings is 1. The minimum atomic E-state index is -0.411. The molecule has 1 fully saturated rings. The number of likely N-dealkylation sites (N-methyl/N-ethyl adjacent to an activating group) is 1. The van der Waals surface area contributed by atoms with E-state index in [1.165, 1.54) is 0 Å². The summed E-state index contributed by atoms with van der Waals surface area (Å²) in [5.41, 5.74) is 0.356. The Morgan fingerprint density at radius 1 is 1.36 bits per heavy atom. The third-order valence-electron chi connectivity index (χ3n) is 3.56. The van der Waals surface area contributed by atoms with Crippen molar-refractivity contribution >= 4 is 21.9 Å². The molecule has 0 bridgehead atoms. The number of esters is 1. The number of hydrogen-bond donors (Lipinski definition) is 0. The van der Waals surface area contributed by atoms with E-state index in [2.05, 4.69) is 37.8 Å². The monoisotopic (exact) mass is 371 g/mol. The Bertz CT molecular complexity index is 505. The summed E-state index contributed by atoms with van der Waals surface area (Å²) in [6, 6.07) is 1.68. The van der Waals surface area contributed by atoms with Gasteiger partial charge in [0.05, 0.1) is 6.61 Å². The van der Waals surface area contributed by atoms with Crippen LogP contribution >= 0.6 is 15.9 Å². The van der Waals surface area contributed by atoms with Crippen LogP contribution in [0.1, 0.15) is 17.3 Å². The molecule has 0 spiro atoms. The van der Waals surface area contributed by atoms with Gasteiger partial charge in [-0.05, 0) is 36.0 Å². The second-order valence-corrected chi connectivity index (χ2v) is 6.14. The molecule has 1 aliphatic heterocycles. The van der Waals surface area contributed by atoms with Crippen molar-refractivity contribution in [2.45, 2.75) is 6.92 Å². The molecule has 0 N–H and O–H groups in total. The van der Waals surface area contributed by atoms with Crippen LogP contribution in [-0.2, 0) is 4.74 Å². The Balaban J connectivity index is 1.90. The third kappa shape index (κ3) is 4.93. The van der Waals surface area contributed by atoms with E-state index in [0.717, 1.165) is 37.2 Å². The molecule has 0 radical (unpaired) electrons. The molecule has 122 valence electrons. The highest BCUT2D eigenvalue weighted by molar-refractivity contribution is 9.10. The molecule has 2 rings (SSSR count). The fourth-order valence-corrected chi connectivity index (χ4v) is 2.57. The van der Waals surface area contributed by atoms with Crippen LogP contribution in [0.25, 0.3) is 0 Å². The van der Waals surface area contributed by atoms with Crippen LogP contribution in [0.3, 0.4) is 0 Å². The lowest BCUT2D eigenvalue weighted by Gasteiger charge is -2.32. The molecule has 7 heteroatoms. The van der Waals surface area contributed by atoms with Crippen molar-refractivity contribution in [2.24, 2.45) is 0 Å². The van der Waals surface area contributed by atoms with E-state index in [1.807, 2.05) is 0 Å². The van der Waals surface area contributed by atoms with E-state index in [-0.39, 0.29) is 0 Å². The molecule has 1 aliphatic rings. The molecule has 0 aliphatic carbocycles. The first kappa shape index (κ1) is 17.2. The number of nitrogens with zero attached hydrogens (tertiary/aromatic N) is 3. The second-order valence-electron chi connectivity index (χ2n) is 5.22. The highest BCUT2D eigenvalue weighted by atomic mass is 79.9. The SMILES string of the molecule is CCOC(=O)c1cc(Br)cnc1OCCN1CCN(C)CC1. The topological polar surface area (TPSA) is 54.9 Å². The zero-order chi connectivity index (χ0) is 15.9. The van der Waals surface area contributed by atoms with E-state index in [9.17, 15) is 4.79 Å². The van der Waals surface area contributed by atoms with E-state index < -0.39 is 5.97 Å². The number of rotatable bonds is 6. The van der Waals surface area contributed by atoms with Crippen molar-refractivity contribution in [1.29, 1.82) is 0 Å². The quantitative estimate of drug-likeness (QED) is 0.708. The molecule has 0 atom stereocenters. The van der Waals surface area contributed by atoms with Crippen LogP contribution in [0.4, 0.5) is 0 Å². The molecule has 0 aromatic carbocycles. The van der Waals surface area contributed by atoms with Crippen molar-refractivity contribution < 1.29 is 14.3 Å². The maximum absolute atomic E-state index is 11.9. The van der Waals surface area contributed by atoms with Gasteiger partial charge in [-0.15, -0.1) is 0 Å². The van der Waals surface area contributed by atoms with Gasteiger partial charge in [0, 0.05) is 43.4 Å². The minimum absolute atomic E-state index is 0.325. The Morgan fingerprint density at radius 2 is 2.09 bits per heavy atom. The van der Waals surface area contributed by atoms with Gasteiger partial charge < -0.3 is 14.4 Å². The lowest BCUT2D eigenvalue weighted by molar-refractivity contribution is 0.0519. The molecule has 6 nitrogen and oxygen atoms in total. The Kier molecular flexibility index (Phi) is 6.60. The van der Waals surface area contributed by atoms with Crippen LogP contribution in [0, 0.1) is 0 Å². The molecule has 1 saturated heterocycles. The lowest BCUT2D eigenvalue weighted by Crippen LogP contribution is -2.45. The lowest BCUT2D eigenvalue weighted by atomic mass is 10.3. The molecule has 22 heavy (non-hydrogen) atoms. The number of hydrogen-bond acceptors (Lipinski definition) is 6. The van der Waals surface area contributed by atoms with Crippen LogP contribution in [-0.4, -0.2) is 73.7 Å². The largest absolute Gasteiger partial charge is 0.476 e. The van der Waals surface area contributed by atoms with Crippen molar-refractivity contribution in [3.8, 4) is 5.88 Å². The van der Waals surface area contributed by atoms with Gasteiger partial charge in [0.2, 0.25) is 5.88 Å². The maximum atomic E-state index is 11.9. The predicted molar refractivity (Wildman–Crippen MR) is 87.3 cm³/mol. The predicted octanol–water partition coefficient (Wildman–Crippen LogP) is 1.65. The molecule has 0 amide bonds. The zero-order valence-electron chi connectivity index (χ0n) is 13.0. The Labute approximate surface area is 139 Å². The van der Waals surface area contributed by atoms with E-state index >= 15 is 0 Å². The van der Waals surface area contributed by atoms with E-state index in [4.69, 9.17) is 9.47 Å². The molecule has 1 aromatic rings. The zero-order valence-corrected chi connectivity index (χ0v) is 14.6. The minimum Gasteiger partial charge on any atom is -0.476 e. The second kappa shape index (κ2) is 8.45. The average Bonchev–Trinajstić information content (AvgIpc) is 2.51. The van der Waals surface area contributed by atoms with Crippen LogP contribution < -0.4 is 4.74 Å². The summed E-state index contributed by atoms with van der Waals surface area (Å²) in [5, 5.41) is 0. The van der Waals surface area contributed by atoms with Crippen LogP contribution in [0.15, 0.2) is 16.7 Å². The summed E-state index contributed by atoms with van der Waals surface area (Å²) in [6.07, 6.45) is 1.62. The average molecular weight is 372 g/mol. The van der Waals surface area contributed by atoms with Gasteiger partial charge in [-0.2, -0.15) is 0 Å². The van der Waals surface area contributed by atoms with Crippen molar-refractivity contribution in [3.05, 3.63) is 22.3 Å². The van der Waals surface area contributed by atoms with Gasteiger partial charge in [0.25, 0.3) is 0 Å². The van der Waals surface area contributed by atoms with Gasteiger partial charge in [-0.3, -0.25) is 4.90 Å². The number of halogens is 1. The van der Waals surface area contributed by atoms with Crippen molar-refractivity contribution in [1.82, 2.24) is 14.8 Å². The van der Waals surface area contributed by atoms with Gasteiger partial charge in [-0.1, -0.05) is 0 Å². The number of aromatic nitrogens is 1. The summed E-state index contributed by atoms with van der Waals surface area (Å²) in [6.45, 7) is 7.66. The fourth-order valence-electron chi connectivity index (χ4n) is 2.24. The normalized spacial score (nSPS) is 16.5. The van der Waals surface area contributed by atoms with Gasteiger partial charge in [0.1, 0.15) is 12.2 Å². The highest BCUT2D eigenvalue weighted by Crippen LogP contribution is 2.21. The van der Waals surface area contributed by atoms with Crippen LogP contribution in [0.5, 0.6) is 5.88 Å². The first-order valence-electron chi connectivity index (χ1n) is 7.46. The Hall–Kier alpha value is -1.18. The number of carbonyl (C=O) groups is 1. The number of piperazine rings is 1. The Morgan fingerprint density at radius 3 is 2.77 bits per heavy atom. The number of carbonyl (C=O) groups excluding carboxylic acids is 1. The number of ether oxygens (including phenoxy) is 2. The highest BCUT2D eigenvalue weighted by Gasteiger charge is 2.17. The standard InChI is InChI=1S/C15H22BrN3O3/c1-3-21-15(20)13-10-12(16)11-17-14(13)22-9-8-19-6-4-18(2)5-7-19/h10-11H,3-9H2,1-2H3. The third-order valence-corrected chi connectivity index (χ3v) is 3.99.